The molecule has 3 N–H and O–H groups in total. The molecule has 5 nitrogen and oxygen atoms in total. The molecule has 0 saturated carbocycles. The number of hydrogen-bond acceptors (Lipinski definition) is 5. The van der Waals surface area contributed by atoms with Crippen molar-refractivity contribution < 1.29 is 4.74 Å². The first kappa shape index (κ1) is 14.9. The van der Waals surface area contributed by atoms with E-state index >= 15 is 0 Å². The van der Waals surface area contributed by atoms with Crippen molar-refractivity contribution in [3.05, 3.63) is 52.0 Å². The van der Waals surface area contributed by atoms with E-state index in [1.807, 2.05) is 31.2 Å². The molecule has 1 unspecified atom stereocenters. The molecule has 0 aliphatic rings. The zero-order chi connectivity index (χ0) is 14.5. The van der Waals surface area contributed by atoms with Crippen molar-refractivity contribution in [1.82, 2.24) is 15.4 Å². The maximum absolute atomic E-state index is 5.65. The van der Waals surface area contributed by atoms with Gasteiger partial charge in [-0.25, -0.2) is 9.97 Å². The van der Waals surface area contributed by atoms with Crippen LogP contribution in [0.4, 0.5) is 0 Å². The number of nitrogens with one attached hydrogen (secondary N) is 1. The molecule has 20 heavy (non-hydrogen) atoms. The Hall–Kier alpha value is -1.50. The number of halogens is 1. The average Bonchev–Trinajstić information content (AvgIpc) is 2.45. The number of benzene rings is 1. The molecule has 1 aromatic carbocycles. The molecule has 0 bridgehead atoms. The summed E-state index contributed by atoms with van der Waals surface area (Å²) < 4.78 is 6.15. The number of aryl methyl sites for hydroxylation is 1. The van der Waals surface area contributed by atoms with Crippen LogP contribution in [0.1, 0.15) is 23.1 Å². The Labute approximate surface area is 126 Å². The molecule has 1 atom stereocenters. The quantitative estimate of drug-likeness (QED) is 0.647. The Morgan fingerprint density at radius 2 is 2.20 bits per heavy atom. The van der Waals surface area contributed by atoms with E-state index in [0.29, 0.717) is 0 Å². The number of hydrazine groups is 1. The third kappa shape index (κ3) is 3.53. The molecule has 0 saturated heterocycles. The molecule has 1 heterocycles. The Balaban J connectivity index is 2.20. The first-order valence-corrected chi connectivity index (χ1v) is 7.01. The zero-order valence-corrected chi connectivity index (χ0v) is 13.0. The van der Waals surface area contributed by atoms with Crippen LogP contribution in [-0.2, 0) is 6.42 Å². The lowest BCUT2D eigenvalue weighted by molar-refractivity contribution is 0.412. The second kappa shape index (κ2) is 6.78. The van der Waals surface area contributed by atoms with Gasteiger partial charge in [0.25, 0.3) is 0 Å². The number of nitrogens with zero attached hydrogens (tertiary/aromatic N) is 2. The van der Waals surface area contributed by atoms with E-state index in [2.05, 4.69) is 31.3 Å². The summed E-state index contributed by atoms with van der Waals surface area (Å²) in [6.45, 7) is 1.86. The van der Waals surface area contributed by atoms with Gasteiger partial charge < -0.3 is 4.74 Å². The van der Waals surface area contributed by atoms with Crippen molar-refractivity contribution >= 4 is 15.9 Å². The fourth-order valence-corrected chi connectivity index (χ4v) is 2.58. The summed E-state index contributed by atoms with van der Waals surface area (Å²) in [6, 6.07) is 7.78. The van der Waals surface area contributed by atoms with Crippen LogP contribution in [0.25, 0.3) is 0 Å². The number of aromatic nitrogens is 2. The van der Waals surface area contributed by atoms with E-state index in [4.69, 9.17) is 10.6 Å². The number of hydrogen-bond donors (Lipinski definition) is 2. The summed E-state index contributed by atoms with van der Waals surface area (Å²) in [6.07, 6.45) is 2.47. The average molecular weight is 337 g/mol. The highest BCUT2D eigenvalue weighted by Gasteiger charge is 2.13. The molecule has 2 aromatic rings. The van der Waals surface area contributed by atoms with Crippen molar-refractivity contribution in [2.24, 2.45) is 5.84 Å². The van der Waals surface area contributed by atoms with E-state index in [1.165, 1.54) is 0 Å². The van der Waals surface area contributed by atoms with Gasteiger partial charge in [0.1, 0.15) is 11.6 Å². The maximum atomic E-state index is 5.65. The van der Waals surface area contributed by atoms with Gasteiger partial charge >= 0.3 is 0 Å². The minimum absolute atomic E-state index is 0.0583. The second-order valence-corrected chi connectivity index (χ2v) is 5.28. The van der Waals surface area contributed by atoms with E-state index in [1.54, 1.807) is 13.3 Å². The molecule has 0 aliphatic carbocycles. The Morgan fingerprint density at radius 1 is 1.40 bits per heavy atom. The number of methoxy groups -OCH3 is 1. The van der Waals surface area contributed by atoms with Crippen LogP contribution < -0.4 is 16.0 Å². The lowest BCUT2D eigenvalue weighted by atomic mass is 10.0. The van der Waals surface area contributed by atoms with Crippen LogP contribution >= 0.6 is 15.9 Å². The Bertz CT molecular complexity index is 591. The SMILES string of the molecule is COc1ccc(CC(NN)c2ccnc(C)n2)cc1Br. The van der Waals surface area contributed by atoms with Gasteiger partial charge in [-0.1, -0.05) is 6.07 Å². The molecule has 0 fully saturated rings. The summed E-state index contributed by atoms with van der Waals surface area (Å²) in [5.74, 6) is 7.19. The summed E-state index contributed by atoms with van der Waals surface area (Å²) in [4.78, 5) is 8.50. The maximum Gasteiger partial charge on any atom is 0.133 e. The zero-order valence-electron chi connectivity index (χ0n) is 11.4. The minimum Gasteiger partial charge on any atom is -0.496 e. The van der Waals surface area contributed by atoms with Crippen molar-refractivity contribution in [1.29, 1.82) is 0 Å². The van der Waals surface area contributed by atoms with E-state index < -0.39 is 0 Å². The molecule has 0 aliphatic heterocycles. The van der Waals surface area contributed by atoms with Gasteiger partial charge in [-0.05, 0) is 53.0 Å². The van der Waals surface area contributed by atoms with E-state index in [0.717, 1.165) is 33.7 Å². The molecule has 0 radical (unpaired) electrons. The van der Waals surface area contributed by atoms with E-state index in [-0.39, 0.29) is 6.04 Å². The summed E-state index contributed by atoms with van der Waals surface area (Å²) in [5.41, 5.74) is 4.82. The van der Waals surface area contributed by atoms with Gasteiger partial charge in [-0.15, -0.1) is 0 Å². The second-order valence-electron chi connectivity index (χ2n) is 4.42. The first-order valence-electron chi connectivity index (χ1n) is 6.22. The highest BCUT2D eigenvalue weighted by molar-refractivity contribution is 9.10. The Morgan fingerprint density at radius 3 is 2.80 bits per heavy atom. The van der Waals surface area contributed by atoms with Crippen LogP contribution in [0.2, 0.25) is 0 Å². The van der Waals surface area contributed by atoms with Crippen LogP contribution in [0.15, 0.2) is 34.9 Å². The van der Waals surface area contributed by atoms with Gasteiger partial charge in [0, 0.05) is 6.20 Å². The monoisotopic (exact) mass is 336 g/mol. The third-order valence-electron chi connectivity index (χ3n) is 3.01. The summed E-state index contributed by atoms with van der Waals surface area (Å²) in [7, 11) is 1.65. The van der Waals surface area contributed by atoms with E-state index in [9.17, 15) is 0 Å². The van der Waals surface area contributed by atoms with Gasteiger partial charge in [0.2, 0.25) is 0 Å². The predicted molar refractivity (Wildman–Crippen MR) is 81.2 cm³/mol. The molecular weight excluding hydrogens is 320 g/mol. The first-order chi connectivity index (χ1) is 9.63. The normalized spacial score (nSPS) is 12.2. The predicted octanol–water partition coefficient (Wildman–Crippen LogP) is 2.30. The summed E-state index contributed by atoms with van der Waals surface area (Å²) >= 11 is 3.48. The van der Waals surface area contributed by atoms with Crippen molar-refractivity contribution in [3.63, 3.8) is 0 Å². The van der Waals surface area contributed by atoms with Crippen LogP contribution in [0.5, 0.6) is 5.75 Å². The minimum atomic E-state index is -0.0583. The third-order valence-corrected chi connectivity index (χ3v) is 3.63. The van der Waals surface area contributed by atoms with Crippen molar-refractivity contribution in [2.45, 2.75) is 19.4 Å². The Kier molecular flexibility index (Phi) is 5.05. The van der Waals surface area contributed by atoms with Gasteiger partial charge in [0.05, 0.1) is 23.3 Å². The molecule has 0 spiro atoms. The van der Waals surface area contributed by atoms with Crippen LogP contribution in [0.3, 0.4) is 0 Å². The highest BCUT2D eigenvalue weighted by atomic mass is 79.9. The molecule has 1 aromatic heterocycles. The number of ether oxygens (including phenoxy) is 1. The van der Waals surface area contributed by atoms with Gasteiger partial charge in [0.15, 0.2) is 0 Å². The topological polar surface area (TPSA) is 73.1 Å². The van der Waals surface area contributed by atoms with Crippen molar-refractivity contribution in [3.8, 4) is 5.75 Å². The van der Waals surface area contributed by atoms with Gasteiger partial charge in [-0.2, -0.15) is 0 Å². The highest BCUT2D eigenvalue weighted by Crippen LogP contribution is 2.27. The lowest BCUT2D eigenvalue weighted by Crippen LogP contribution is -2.30. The van der Waals surface area contributed by atoms with Gasteiger partial charge in [-0.3, -0.25) is 11.3 Å². The molecule has 106 valence electrons. The molecule has 0 amide bonds. The standard InChI is InChI=1S/C14H17BrN4O/c1-9-17-6-5-12(18-9)13(19-16)8-10-3-4-14(20-2)11(15)7-10/h3-7,13,19H,8,16H2,1-2H3. The summed E-state index contributed by atoms with van der Waals surface area (Å²) in [5, 5.41) is 0. The van der Waals surface area contributed by atoms with Crippen LogP contribution in [-0.4, -0.2) is 17.1 Å². The lowest BCUT2D eigenvalue weighted by Gasteiger charge is -2.16. The van der Waals surface area contributed by atoms with Crippen molar-refractivity contribution in [2.75, 3.05) is 7.11 Å². The molecular formula is C14H17BrN4O. The largest absolute Gasteiger partial charge is 0.496 e. The number of nitrogens with two attached hydrogens (primary N) is 1. The van der Waals surface area contributed by atoms with Crippen LogP contribution in [0, 0.1) is 6.92 Å². The number of rotatable bonds is 5. The smallest absolute Gasteiger partial charge is 0.133 e. The molecule has 6 heteroatoms. The fourth-order valence-electron chi connectivity index (χ4n) is 1.99. The fraction of sp³-hybridized carbons (Fsp3) is 0.286. The molecule has 2 rings (SSSR count).